The number of fused-ring (bicyclic) bond motifs is 1. The van der Waals surface area contributed by atoms with Gasteiger partial charge in [0.25, 0.3) is 5.56 Å². The van der Waals surface area contributed by atoms with Crippen molar-refractivity contribution < 1.29 is 9.47 Å². The molecule has 6 aromatic rings. The van der Waals surface area contributed by atoms with Crippen LogP contribution in [0, 0.1) is 6.92 Å². The molecular formula is C32H27N5O3S. The summed E-state index contributed by atoms with van der Waals surface area (Å²) in [6.07, 6.45) is 5.52. The van der Waals surface area contributed by atoms with E-state index in [1.165, 1.54) is 15.9 Å². The predicted molar refractivity (Wildman–Crippen MR) is 162 cm³/mol. The van der Waals surface area contributed by atoms with Gasteiger partial charge < -0.3 is 9.47 Å². The summed E-state index contributed by atoms with van der Waals surface area (Å²) in [4.78, 5) is 18.6. The third kappa shape index (κ3) is 5.27. The van der Waals surface area contributed by atoms with Crippen LogP contribution in [-0.2, 0) is 0 Å². The van der Waals surface area contributed by atoms with Crippen molar-refractivity contribution >= 4 is 22.4 Å². The Morgan fingerprint density at radius 1 is 0.976 bits per heavy atom. The zero-order valence-electron chi connectivity index (χ0n) is 22.7. The van der Waals surface area contributed by atoms with Crippen LogP contribution >= 0.6 is 11.3 Å². The molecule has 0 aliphatic rings. The van der Waals surface area contributed by atoms with Crippen LogP contribution in [0.3, 0.4) is 0 Å². The number of hydrogen-bond donors (Lipinski definition) is 0. The van der Waals surface area contributed by atoms with Crippen molar-refractivity contribution in [3.05, 3.63) is 118 Å². The van der Waals surface area contributed by atoms with Gasteiger partial charge in [0, 0.05) is 22.9 Å². The lowest BCUT2D eigenvalue weighted by Gasteiger charge is -2.08. The molecule has 0 aliphatic carbocycles. The first-order valence-electron chi connectivity index (χ1n) is 13.2. The normalized spacial score (nSPS) is 11.7. The standard InChI is InChI=1S/C32H27N5O3S/c1-4-17-40-26-15-16-27(21(3)18-26)29-23(20-36(34-29)24-9-7-6-8-10-24)19-28-31(38)37-32(41-28)33-30(35-37)22-11-13-25(14-12-22)39-5-2/h4,6-16,18-20H,1,5,17H2,2-3H3/b28-19-. The van der Waals surface area contributed by atoms with Gasteiger partial charge in [-0.2, -0.15) is 14.6 Å². The van der Waals surface area contributed by atoms with Crippen LogP contribution in [0.15, 0.2) is 96.4 Å². The zero-order chi connectivity index (χ0) is 28.3. The maximum atomic E-state index is 13.4. The number of hydrogen-bond acceptors (Lipinski definition) is 7. The fourth-order valence-corrected chi connectivity index (χ4v) is 5.42. The molecule has 6 rings (SSSR count). The van der Waals surface area contributed by atoms with Gasteiger partial charge in [0.1, 0.15) is 23.8 Å². The highest BCUT2D eigenvalue weighted by Crippen LogP contribution is 2.30. The topological polar surface area (TPSA) is 83.5 Å². The maximum absolute atomic E-state index is 13.4. The van der Waals surface area contributed by atoms with E-state index in [1.54, 1.807) is 6.08 Å². The molecule has 0 unspecified atom stereocenters. The van der Waals surface area contributed by atoms with Crippen molar-refractivity contribution in [2.75, 3.05) is 13.2 Å². The molecule has 204 valence electrons. The van der Waals surface area contributed by atoms with E-state index in [2.05, 4.69) is 16.7 Å². The van der Waals surface area contributed by atoms with Gasteiger partial charge in [-0.15, -0.1) is 5.10 Å². The van der Waals surface area contributed by atoms with Gasteiger partial charge in [-0.3, -0.25) is 4.79 Å². The summed E-state index contributed by atoms with van der Waals surface area (Å²) in [6.45, 7) is 8.70. The van der Waals surface area contributed by atoms with Gasteiger partial charge >= 0.3 is 0 Å². The molecule has 0 amide bonds. The van der Waals surface area contributed by atoms with Gasteiger partial charge in [-0.05, 0) is 80.1 Å². The quantitative estimate of drug-likeness (QED) is 0.217. The van der Waals surface area contributed by atoms with Crippen LogP contribution in [0.5, 0.6) is 11.5 Å². The number of rotatable bonds is 9. The summed E-state index contributed by atoms with van der Waals surface area (Å²) in [5, 5.41) is 9.43. The lowest BCUT2D eigenvalue weighted by molar-refractivity contribution is 0.340. The third-order valence-electron chi connectivity index (χ3n) is 6.48. The van der Waals surface area contributed by atoms with Crippen LogP contribution in [-0.4, -0.2) is 37.6 Å². The molecule has 0 bridgehead atoms. The minimum atomic E-state index is -0.224. The summed E-state index contributed by atoms with van der Waals surface area (Å²) in [5.41, 5.74) is 5.03. The maximum Gasteiger partial charge on any atom is 0.291 e. The van der Waals surface area contributed by atoms with E-state index >= 15 is 0 Å². The van der Waals surface area contributed by atoms with E-state index in [4.69, 9.17) is 14.6 Å². The zero-order valence-corrected chi connectivity index (χ0v) is 23.5. The number of aromatic nitrogens is 5. The van der Waals surface area contributed by atoms with Crippen LogP contribution < -0.4 is 19.6 Å². The number of aryl methyl sites for hydroxylation is 1. The van der Waals surface area contributed by atoms with E-state index in [0.717, 1.165) is 45.1 Å². The van der Waals surface area contributed by atoms with Gasteiger partial charge in [0.15, 0.2) is 5.82 Å². The lowest BCUT2D eigenvalue weighted by Crippen LogP contribution is -2.23. The summed E-state index contributed by atoms with van der Waals surface area (Å²) in [6, 6.07) is 23.3. The van der Waals surface area contributed by atoms with E-state index in [9.17, 15) is 4.79 Å². The molecular weight excluding hydrogens is 534 g/mol. The lowest BCUT2D eigenvalue weighted by atomic mass is 10.0. The highest BCUT2D eigenvalue weighted by Gasteiger charge is 2.16. The Morgan fingerprint density at radius 3 is 2.46 bits per heavy atom. The molecule has 0 N–H and O–H groups in total. The molecule has 0 atom stereocenters. The van der Waals surface area contributed by atoms with E-state index in [0.29, 0.717) is 28.5 Å². The number of ether oxygens (including phenoxy) is 2. The predicted octanol–water partition coefficient (Wildman–Crippen LogP) is 5.49. The van der Waals surface area contributed by atoms with Crippen molar-refractivity contribution in [1.82, 2.24) is 24.4 Å². The molecule has 0 spiro atoms. The van der Waals surface area contributed by atoms with Gasteiger partial charge in [0.05, 0.1) is 16.8 Å². The smallest absolute Gasteiger partial charge is 0.291 e. The third-order valence-corrected chi connectivity index (χ3v) is 7.44. The molecule has 3 aromatic carbocycles. The monoisotopic (exact) mass is 561 g/mol. The van der Waals surface area contributed by atoms with Crippen LogP contribution in [0.25, 0.3) is 39.4 Å². The second-order valence-electron chi connectivity index (χ2n) is 9.29. The molecule has 0 aliphatic heterocycles. The Labute approximate surface area is 240 Å². The van der Waals surface area contributed by atoms with Gasteiger partial charge in [-0.1, -0.05) is 42.2 Å². The molecule has 3 heterocycles. The molecule has 0 saturated heterocycles. The minimum Gasteiger partial charge on any atom is -0.494 e. The number of para-hydroxylation sites is 1. The molecule has 9 heteroatoms. The summed E-state index contributed by atoms with van der Waals surface area (Å²) in [7, 11) is 0. The Bertz CT molecular complexity index is 1960. The van der Waals surface area contributed by atoms with Crippen molar-refractivity contribution in [3.63, 3.8) is 0 Å². The van der Waals surface area contributed by atoms with Crippen LogP contribution in [0.1, 0.15) is 18.1 Å². The van der Waals surface area contributed by atoms with Crippen molar-refractivity contribution in [2.45, 2.75) is 13.8 Å². The molecule has 0 radical (unpaired) electrons. The Balaban J connectivity index is 1.42. The summed E-state index contributed by atoms with van der Waals surface area (Å²) >= 11 is 1.30. The molecule has 0 fully saturated rings. The fraction of sp³-hybridized carbons (Fsp3) is 0.125. The Morgan fingerprint density at radius 2 is 1.76 bits per heavy atom. The molecule has 8 nitrogen and oxygen atoms in total. The SMILES string of the molecule is C=CCOc1ccc(-c2nn(-c3ccccc3)cc2/C=c2\sc3nc(-c4ccc(OCC)cc4)nn3c2=O)c(C)c1. The van der Waals surface area contributed by atoms with E-state index < -0.39 is 0 Å². The first-order valence-corrected chi connectivity index (χ1v) is 14.0. The van der Waals surface area contributed by atoms with Crippen LogP contribution in [0.2, 0.25) is 0 Å². The highest BCUT2D eigenvalue weighted by molar-refractivity contribution is 7.15. The van der Waals surface area contributed by atoms with Crippen molar-refractivity contribution in [2.24, 2.45) is 0 Å². The van der Waals surface area contributed by atoms with E-state index in [1.807, 2.05) is 104 Å². The Kier molecular flexibility index (Phi) is 7.18. The van der Waals surface area contributed by atoms with Gasteiger partial charge in [0.2, 0.25) is 4.96 Å². The second kappa shape index (κ2) is 11.2. The fourth-order valence-electron chi connectivity index (χ4n) is 4.53. The van der Waals surface area contributed by atoms with Crippen molar-refractivity contribution in [1.29, 1.82) is 0 Å². The molecule has 3 aromatic heterocycles. The van der Waals surface area contributed by atoms with Crippen LogP contribution in [0.4, 0.5) is 0 Å². The summed E-state index contributed by atoms with van der Waals surface area (Å²) in [5.74, 6) is 2.03. The molecule has 41 heavy (non-hydrogen) atoms. The van der Waals surface area contributed by atoms with Gasteiger partial charge in [-0.25, -0.2) is 4.68 Å². The second-order valence-corrected chi connectivity index (χ2v) is 10.3. The highest BCUT2D eigenvalue weighted by atomic mass is 32.1. The minimum absolute atomic E-state index is 0.224. The van der Waals surface area contributed by atoms with Crippen molar-refractivity contribution in [3.8, 4) is 39.8 Å². The number of nitrogens with zero attached hydrogens (tertiary/aromatic N) is 5. The largest absolute Gasteiger partial charge is 0.494 e. The number of benzene rings is 3. The average molecular weight is 562 g/mol. The van der Waals surface area contributed by atoms with E-state index in [-0.39, 0.29) is 5.56 Å². The summed E-state index contributed by atoms with van der Waals surface area (Å²) < 4.78 is 14.9. The Hall–Kier alpha value is -5.02. The first kappa shape index (κ1) is 26.2. The average Bonchev–Trinajstić information content (AvgIpc) is 3.68. The molecule has 0 saturated carbocycles. The number of thiazole rings is 1. The first-order chi connectivity index (χ1) is 20.0.